The quantitative estimate of drug-likeness (QED) is 0.743. The van der Waals surface area contributed by atoms with Crippen molar-refractivity contribution in [1.82, 2.24) is 4.98 Å². The van der Waals surface area contributed by atoms with Gasteiger partial charge in [0.15, 0.2) is 0 Å². The van der Waals surface area contributed by atoms with E-state index in [4.69, 9.17) is 0 Å². The summed E-state index contributed by atoms with van der Waals surface area (Å²) in [6.07, 6.45) is 4.94. The zero-order valence-electron chi connectivity index (χ0n) is 7.98. The van der Waals surface area contributed by atoms with Crippen molar-refractivity contribution in [3.63, 3.8) is 0 Å². The summed E-state index contributed by atoms with van der Waals surface area (Å²) in [7, 11) is 0. The minimum Gasteiger partial charge on any atom is -0.264 e. The molecule has 2 aromatic heterocycles. The molecule has 0 saturated heterocycles. The number of nitrogens with zero attached hydrogens (tertiary/aromatic N) is 1. The molecule has 0 aromatic carbocycles. The second kappa shape index (κ2) is 4.36. The van der Waals surface area contributed by atoms with Gasteiger partial charge in [0, 0.05) is 34.6 Å². The van der Waals surface area contributed by atoms with Gasteiger partial charge in [-0.25, -0.2) is 4.39 Å². The Morgan fingerprint density at radius 3 is 2.93 bits per heavy atom. The molecule has 0 aliphatic heterocycles. The summed E-state index contributed by atoms with van der Waals surface area (Å²) in [4.78, 5) is 5.98. The number of aromatic nitrogens is 1. The molecule has 75 valence electrons. The third kappa shape index (κ3) is 2.50. The first-order valence-electron chi connectivity index (χ1n) is 4.45. The van der Waals surface area contributed by atoms with Crippen LogP contribution in [-0.2, 0) is 0 Å². The van der Waals surface area contributed by atoms with Crippen LogP contribution >= 0.6 is 11.3 Å². The van der Waals surface area contributed by atoms with Crippen molar-refractivity contribution in [1.29, 1.82) is 0 Å². The van der Waals surface area contributed by atoms with Crippen LogP contribution in [0.25, 0.3) is 16.5 Å². The molecular formula is C12H9FNS. The summed E-state index contributed by atoms with van der Waals surface area (Å²) >= 11 is 1.52. The SMILES string of the molecule is [CH2]/C(F)=C/c1ccc(-c2cccnc2)s1. The highest BCUT2D eigenvalue weighted by atomic mass is 32.1. The number of hydrogen-bond acceptors (Lipinski definition) is 2. The molecule has 0 saturated carbocycles. The number of halogens is 1. The van der Waals surface area contributed by atoms with Gasteiger partial charge in [-0.15, -0.1) is 11.3 Å². The molecule has 2 heterocycles. The Balaban J connectivity index is 2.32. The maximum absolute atomic E-state index is 12.5. The van der Waals surface area contributed by atoms with Crippen LogP contribution < -0.4 is 0 Å². The van der Waals surface area contributed by atoms with Crippen LogP contribution in [0.5, 0.6) is 0 Å². The van der Waals surface area contributed by atoms with E-state index in [0.717, 1.165) is 15.3 Å². The molecule has 15 heavy (non-hydrogen) atoms. The van der Waals surface area contributed by atoms with E-state index in [0.29, 0.717) is 0 Å². The van der Waals surface area contributed by atoms with Crippen molar-refractivity contribution < 1.29 is 4.39 Å². The maximum Gasteiger partial charge on any atom is 0.102 e. The Morgan fingerprint density at radius 2 is 2.27 bits per heavy atom. The summed E-state index contributed by atoms with van der Waals surface area (Å²) in [6.45, 7) is 3.20. The normalized spacial score (nSPS) is 11.7. The zero-order valence-corrected chi connectivity index (χ0v) is 8.80. The van der Waals surface area contributed by atoms with Crippen molar-refractivity contribution >= 4 is 17.4 Å². The molecule has 2 rings (SSSR count). The van der Waals surface area contributed by atoms with Crippen LogP contribution in [0.1, 0.15) is 4.88 Å². The fraction of sp³-hybridized carbons (Fsp3) is 0. The van der Waals surface area contributed by atoms with Gasteiger partial charge in [0.2, 0.25) is 0 Å². The molecule has 0 N–H and O–H groups in total. The van der Waals surface area contributed by atoms with Crippen LogP contribution in [-0.4, -0.2) is 4.98 Å². The topological polar surface area (TPSA) is 12.9 Å². The first-order valence-corrected chi connectivity index (χ1v) is 5.27. The Hall–Kier alpha value is -1.48. The molecule has 3 heteroatoms. The molecule has 1 radical (unpaired) electrons. The van der Waals surface area contributed by atoms with Crippen LogP contribution in [0.2, 0.25) is 0 Å². The van der Waals surface area contributed by atoms with E-state index in [9.17, 15) is 4.39 Å². The van der Waals surface area contributed by atoms with Crippen molar-refractivity contribution in [3.8, 4) is 10.4 Å². The number of hydrogen-bond donors (Lipinski definition) is 0. The minimum absolute atomic E-state index is 0.422. The predicted octanol–water partition coefficient (Wildman–Crippen LogP) is 3.95. The Bertz CT molecular complexity index is 469. The van der Waals surface area contributed by atoms with Gasteiger partial charge in [0.1, 0.15) is 5.83 Å². The Kier molecular flexibility index (Phi) is 2.92. The van der Waals surface area contributed by atoms with Gasteiger partial charge in [-0.1, -0.05) is 6.07 Å². The van der Waals surface area contributed by atoms with E-state index in [-0.39, 0.29) is 0 Å². The third-order valence-corrected chi connectivity index (χ3v) is 2.95. The lowest BCUT2D eigenvalue weighted by Gasteiger charge is -1.93. The monoisotopic (exact) mass is 218 g/mol. The van der Waals surface area contributed by atoms with Gasteiger partial charge in [0.05, 0.1) is 0 Å². The summed E-state index contributed by atoms with van der Waals surface area (Å²) in [5.74, 6) is -0.422. The second-order valence-corrected chi connectivity index (χ2v) is 4.15. The van der Waals surface area contributed by atoms with Gasteiger partial charge < -0.3 is 0 Å². The van der Waals surface area contributed by atoms with Crippen LogP contribution in [0, 0.1) is 6.92 Å². The average molecular weight is 218 g/mol. The summed E-state index contributed by atoms with van der Waals surface area (Å²) in [6, 6.07) is 7.69. The highest BCUT2D eigenvalue weighted by Gasteiger charge is 2.01. The first kappa shape index (κ1) is 10.1. The molecule has 1 nitrogen and oxygen atoms in total. The third-order valence-electron chi connectivity index (χ3n) is 1.87. The largest absolute Gasteiger partial charge is 0.264 e. The molecule has 0 amide bonds. The summed E-state index contributed by atoms with van der Waals surface area (Å²) in [5.41, 5.74) is 1.05. The Morgan fingerprint density at radius 1 is 1.40 bits per heavy atom. The van der Waals surface area contributed by atoms with Gasteiger partial charge in [-0.3, -0.25) is 4.98 Å². The molecule has 0 bridgehead atoms. The molecule has 0 aliphatic carbocycles. The molecule has 0 atom stereocenters. The van der Waals surface area contributed by atoms with Gasteiger partial charge >= 0.3 is 0 Å². The average Bonchev–Trinajstić information content (AvgIpc) is 2.67. The first-order chi connectivity index (χ1) is 7.25. The lowest BCUT2D eigenvalue weighted by molar-refractivity contribution is 0.673. The van der Waals surface area contributed by atoms with E-state index >= 15 is 0 Å². The molecule has 0 unspecified atom stereocenters. The lowest BCUT2D eigenvalue weighted by Crippen LogP contribution is -1.72. The smallest absolute Gasteiger partial charge is 0.102 e. The summed E-state index contributed by atoms with van der Waals surface area (Å²) < 4.78 is 12.5. The molecule has 0 spiro atoms. The number of allylic oxidation sites excluding steroid dienone is 1. The fourth-order valence-corrected chi connectivity index (χ4v) is 2.20. The van der Waals surface area contributed by atoms with Crippen molar-refractivity contribution in [2.75, 3.05) is 0 Å². The highest BCUT2D eigenvalue weighted by molar-refractivity contribution is 7.16. The predicted molar refractivity (Wildman–Crippen MR) is 62.0 cm³/mol. The second-order valence-electron chi connectivity index (χ2n) is 3.03. The molecule has 0 fully saturated rings. The minimum atomic E-state index is -0.422. The van der Waals surface area contributed by atoms with Crippen molar-refractivity contribution in [3.05, 3.63) is 54.3 Å². The zero-order chi connectivity index (χ0) is 10.7. The Labute approximate surface area is 91.9 Å². The van der Waals surface area contributed by atoms with E-state index in [1.54, 1.807) is 12.4 Å². The molecule has 2 aromatic rings. The van der Waals surface area contributed by atoms with Crippen LogP contribution in [0.15, 0.2) is 42.5 Å². The van der Waals surface area contributed by atoms with E-state index < -0.39 is 5.83 Å². The van der Waals surface area contributed by atoms with Crippen LogP contribution in [0.3, 0.4) is 0 Å². The highest BCUT2D eigenvalue weighted by Crippen LogP contribution is 2.28. The lowest BCUT2D eigenvalue weighted by atomic mass is 10.2. The molecular weight excluding hydrogens is 209 g/mol. The van der Waals surface area contributed by atoms with E-state index in [2.05, 4.69) is 11.9 Å². The summed E-state index contributed by atoms with van der Waals surface area (Å²) in [5, 5.41) is 0. The van der Waals surface area contributed by atoms with E-state index in [1.165, 1.54) is 17.4 Å². The number of pyridine rings is 1. The number of thiophene rings is 1. The van der Waals surface area contributed by atoms with Gasteiger partial charge in [-0.2, -0.15) is 0 Å². The van der Waals surface area contributed by atoms with Gasteiger partial charge in [-0.05, 0) is 24.3 Å². The standard InChI is InChI=1S/C12H9FNS/c1-9(13)7-11-4-5-12(15-11)10-3-2-6-14-8-10/h2-8H,1H2/b9-7-. The molecule has 0 aliphatic rings. The van der Waals surface area contributed by atoms with Crippen LogP contribution in [0.4, 0.5) is 4.39 Å². The maximum atomic E-state index is 12.5. The van der Waals surface area contributed by atoms with Crippen molar-refractivity contribution in [2.45, 2.75) is 0 Å². The fourth-order valence-electron chi connectivity index (χ4n) is 1.25. The number of rotatable bonds is 2. The van der Waals surface area contributed by atoms with Gasteiger partial charge in [0.25, 0.3) is 0 Å². The van der Waals surface area contributed by atoms with Crippen molar-refractivity contribution in [2.24, 2.45) is 0 Å². The van der Waals surface area contributed by atoms with E-state index in [1.807, 2.05) is 24.3 Å².